The maximum Gasteiger partial charge on any atom is 0.325 e. The van der Waals surface area contributed by atoms with E-state index in [9.17, 15) is 14.9 Å². The molecule has 128 valence electrons. The van der Waals surface area contributed by atoms with Gasteiger partial charge in [-0.3, -0.25) is 15.0 Å². The first kappa shape index (κ1) is 15.4. The average molecular weight is 339 g/mol. The molecule has 2 aliphatic rings. The number of nitro groups is 1. The molecule has 25 heavy (non-hydrogen) atoms. The van der Waals surface area contributed by atoms with Crippen molar-refractivity contribution in [2.75, 3.05) is 4.90 Å². The van der Waals surface area contributed by atoms with Crippen molar-refractivity contribution in [1.82, 2.24) is 5.32 Å². The number of anilines is 1. The van der Waals surface area contributed by atoms with Crippen molar-refractivity contribution in [3.05, 3.63) is 63.7 Å². The Balaban J connectivity index is 1.79. The van der Waals surface area contributed by atoms with Crippen LogP contribution in [0.25, 0.3) is 0 Å². The van der Waals surface area contributed by atoms with Crippen LogP contribution in [0.15, 0.2) is 42.5 Å². The van der Waals surface area contributed by atoms with Crippen LogP contribution in [-0.2, 0) is 0 Å². The molecule has 7 nitrogen and oxygen atoms in total. The molecule has 2 aliphatic heterocycles. The van der Waals surface area contributed by atoms with Gasteiger partial charge in [-0.05, 0) is 37.6 Å². The number of aryl methyl sites for hydroxylation is 1. The lowest BCUT2D eigenvalue weighted by Crippen LogP contribution is -2.65. The van der Waals surface area contributed by atoms with Crippen LogP contribution in [0.4, 0.5) is 16.2 Å². The molecular formula is C18H17N3O4. The predicted octanol–water partition coefficient (Wildman–Crippen LogP) is 3.67. The topological polar surface area (TPSA) is 84.7 Å². The number of nitro benzene ring substituents is 1. The van der Waals surface area contributed by atoms with Crippen LogP contribution in [0, 0.1) is 17.0 Å². The van der Waals surface area contributed by atoms with Crippen molar-refractivity contribution in [2.45, 2.75) is 32.0 Å². The predicted molar refractivity (Wildman–Crippen MR) is 91.7 cm³/mol. The minimum atomic E-state index is -0.857. The van der Waals surface area contributed by atoms with E-state index in [1.165, 1.54) is 12.1 Å². The highest BCUT2D eigenvalue weighted by molar-refractivity contribution is 5.95. The normalized spacial score (nSPS) is 24.2. The zero-order chi connectivity index (χ0) is 17.8. The lowest BCUT2D eigenvalue weighted by molar-refractivity contribution is -0.385. The highest BCUT2D eigenvalue weighted by Crippen LogP contribution is 2.46. The molecule has 2 unspecified atom stereocenters. The second-order valence-corrected chi connectivity index (χ2v) is 6.64. The lowest BCUT2D eigenvalue weighted by atomic mass is 9.90. The number of carbonyl (C=O) groups is 1. The van der Waals surface area contributed by atoms with Crippen LogP contribution in [0.1, 0.15) is 30.5 Å². The standard InChI is InChI=1S/C18H17N3O4/c1-11-4-3-5-12(8-11)20-17(22)19-15-10-18(20,2)25-16-7-6-13(21(23)24)9-14(15)16/h3-9,15H,10H2,1-2H3,(H,19,22). The Labute approximate surface area is 144 Å². The van der Waals surface area contributed by atoms with Gasteiger partial charge in [0.1, 0.15) is 5.75 Å². The Morgan fingerprint density at radius 1 is 1.32 bits per heavy atom. The van der Waals surface area contributed by atoms with E-state index in [-0.39, 0.29) is 17.8 Å². The molecule has 0 saturated carbocycles. The van der Waals surface area contributed by atoms with E-state index in [0.717, 1.165) is 11.3 Å². The summed E-state index contributed by atoms with van der Waals surface area (Å²) >= 11 is 0. The molecule has 2 aromatic rings. The molecule has 7 heteroatoms. The number of nitrogens with zero attached hydrogens (tertiary/aromatic N) is 2. The number of amides is 2. The zero-order valence-corrected chi connectivity index (χ0v) is 13.9. The number of fused-ring (bicyclic) bond motifs is 4. The van der Waals surface area contributed by atoms with Gasteiger partial charge in [-0.2, -0.15) is 0 Å². The second-order valence-electron chi connectivity index (χ2n) is 6.64. The third kappa shape index (κ3) is 2.39. The Hall–Kier alpha value is -3.09. The van der Waals surface area contributed by atoms with Gasteiger partial charge in [0.25, 0.3) is 5.69 Å². The minimum absolute atomic E-state index is 0.0127. The molecule has 2 amide bonds. The zero-order valence-electron chi connectivity index (χ0n) is 13.9. The third-order valence-electron chi connectivity index (χ3n) is 4.73. The molecule has 1 N–H and O–H groups in total. The van der Waals surface area contributed by atoms with Crippen molar-refractivity contribution in [1.29, 1.82) is 0 Å². The van der Waals surface area contributed by atoms with E-state index in [2.05, 4.69) is 5.32 Å². The van der Waals surface area contributed by atoms with Crippen molar-refractivity contribution in [2.24, 2.45) is 0 Å². The van der Waals surface area contributed by atoms with Gasteiger partial charge in [-0.1, -0.05) is 12.1 Å². The van der Waals surface area contributed by atoms with Crippen LogP contribution in [0.5, 0.6) is 5.75 Å². The number of non-ortho nitro benzene ring substituents is 1. The summed E-state index contributed by atoms with van der Waals surface area (Å²) in [6.45, 7) is 3.83. The number of urea groups is 1. The quantitative estimate of drug-likeness (QED) is 0.668. The van der Waals surface area contributed by atoms with E-state index < -0.39 is 10.6 Å². The van der Waals surface area contributed by atoms with Crippen LogP contribution < -0.4 is 15.0 Å². The number of hydrogen-bond donors (Lipinski definition) is 1. The number of rotatable bonds is 2. The Morgan fingerprint density at radius 3 is 2.84 bits per heavy atom. The summed E-state index contributed by atoms with van der Waals surface area (Å²) in [5.74, 6) is 0.557. The van der Waals surface area contributed by atoms with Gasteiger partial charge in [0.15, 0.2) is 5.72 Å². The molecule has 2 heterocycles. The van der Waals surface area contributed by atoms with Gasteiger partial charge in [0.05, 0.1) is 11.0 Å². The molecule has 2 atom stereocenters. The van der Waals surface area contributed by atoms with Crippen LogP contribution in [-0.4, -0.2) is 16.7 Å². The minimum Gasteiger partial charge on any atom is -0.467 e. The summed E-state index contributed by atoms with van der Waals surface area (Å²) in [4.78, 5) is 24.9. The summed E-state index contributed by atoms with van der Waals surface area (Å²) in [6, 6.07) is 11.6. The number of carbonyl (C=O) groups excluding carboxylic acids is 1. The summed E-state index contributed by atoms with van der Waals surface area (Å²) in [5, 5.41) is 14.0. The molecule has 0 radical (unpaired) electrons. The summed E-state index contributed by atoms with van der Waals surface area (Å²) in [5.41, 5.74) is 1.57. The maximum atomic E-state index is 12.8. The first-order chi connectivity index (χ1) is 11.9. The smallest absolute Gasteiger partial charge is 0.325 e. The van der Waals surface area contributed by atoms with E-state index in [0.29, 0.717) is 17.7 Å². The Morgan fingerprint density at radius 2 is 2.12 bits per heavy atom. The Kier molecular flexibility index (Phi) is 3.21. The fourth-order valence-electron chi connectivity index (χ4n) is 3.63. The van der Waals surface area contributed by atoms with Gasteiger partial charge in [-0.15, -0.1) is 0 Å². The highest BCUT2D eigenvalue weighted by Gasteiger charge is 2.50. The van der Waals surface area contributed by atoms with Crippen LogP contribution in [0.2, 0.25) is 0 Å². The molecule has 1 fully saturated rings. The summed E-state index contributed by atoms with van der Waals surface area (Å²) < 4.78 is 6.14. The van der Waals surface area contributed by atoms with Crippen molar-refractivity contribution in [3.63, 3.8) is 0 Å². The highest BCUT2D eigenvalue weighted by atomic mass is 16.6. The number of nitrogens with one attached hydrogen (secondary N) is 1. The molecule has 2 bridgehead atoms. The maximum absolute atomic E-state index is 12.8. The average Bonchev–Trinajstić information content (AvgIpc) is 2.53. The van der Waals surface area contributed by atoms with Gasteiger partial charge in [0, 0.05) is 29.8 Å². The molecule has 0 spiro atoms. The van der Waals surface area contributed by atoms with Crippen molar-refractivity contribution < 1.29 is 14.5 Å². The lowest BCUT2D eigenvalue weighted by Gasteiger charge is -2.50. The number of benzene rings is 2. The van der Waals surface area contributed by atoms with Crippen molar-refractivity contribution >= 4 is 17.4 Å². The molecule has 0 aromatic heterocycles. The fourth-order valence-corrected chi connectivity index (χ4v) is 3.63. The van der Waals surface area contributed by atoms with E-state index >= 15 is 0 Å². The van der Waals surface area contributed by atoms with Crippen molar-refractivity contribution in [3.8, 4) is 5.75 Å². The van der Waals surface area contributed by atoms with Gasteiger partial charge in [0.2, 0.25) is 0 Å². The second kappa shape index (κ2) is 5.20. The van der Waals surface area contributed by atoms with Crippen LogP contribution in [0.3, 0.4) is 0 Å². The SMILES string of the molecule is Cc1cccc(N2C(=O)NC3CC2(C)Oc2ccc([N+](=O)[O-])cc23)c1. The first-order valence-electron chi connectivity index (χ1n) is 8.02. The monoisotopic (exact) mass is 339 g/mol. The largest absolute Gasteiger partial charge is 0.467 e. The number of ether oxygens (including phenoxy) is 1. The Bertz CT molecular complexity index is 898. The molecule has 0 aliphatic carbocycles. The molecule has 1 saturated heterocycles. The molecule has 4 rings (SSSR count). The molecular weight excluding hydrogens is 322 g/mol. The van der Waals surface area contributed by atoms with Crippen LogP contribution >= 0.6 is 0 Å². The van der Waals surface area contributed by atoms with Gasteiger partial charge >= 0.3 is 6.03 Å². The summed E-state index contributed by atoms with van der Waals surface area (Å²) in [7, 11) is 0. The first-order valence-corrected chi connectivity index (χ1v) is 8.02. The fraction of sp³-hybridized carbons (Fsp3) is 0.278. The van der Waals surface area contributed by atoms with E-state index in [1.54, 1.807) is 11.0 Å². The number of hydrogen-bond acceptors (Lipinski definition) is 4. The summed E-state index contributed by atoms with van der Waals surface area (Å²) in [6.07, 6.45) is 0.501. The molecule has 2 aromatic carbocycles. The van der Waals surface area contributed by atoms with E-state index in [4.69, 9.17) is 4.74 Å². The van der Waals surface area contributed by atoms with Gasteiger partial charge in [-0.25, -0.2) is 4.79 Å². The third-order valence-corrected chi connectivity index (χ3v) is 4.73. The van der Waals surface area contributed by atoms with Gasteiger partial charge < -0.3 is 10.1 Å². The van der Waals surface area contributed by atoms with E-state index in [1.807, 2.05) is 38.1 Å².